The van der Waals surface area contributed by atoms with Crippen molar-refractivity contribution in [2.24, 2.45) is 0 Å². The lowest BCUT2D eigenvalue weighted by Crippen LogP contribution is -2.21. The van der Waals surface area contributed by atoms with Crippen LogP contribution in [0.2, 0.25) is 0 Å². The SMILES string of the molecule is N#Cc1cccc2c1ccn2CCNCCc1cccs1. The van der Waals surface area contributed by atoms with Crippen LogP contribution in [0.3, 0.4) is 0 Å². The van der Waals surface area contributed by atoms with Crippen LogP contribution in [0, 0.1) is 11.3 Å². The topological polar surface area (TPSA) is 40.8 Å². The summed E-state index contributed by atoms with van der Waals surface area (Å²) in [6.45, 7) is 2.86. The Hall–Kier alpha value is -2.09. The third-order valence-electron chi connectivity index (χ3n) is 3.59. The Kier molecular flexibility index (Phi) is 4.34. The second kappa shape index (κ2) is 6.57. The third-order valence-corrected chi connectivity index (χ3v) is 4.53. The van der Waals surface area contributed by atoms with Gasteiger partial charge in [0.15, 0.2) is 0 Å². The molecule has 0 saturated heterocycles. The van der Waals surface area contributed by atoms with E-state index in [2.05, 4.69) is 45.7 Å². The minimum Gasteiger partial charge on any atom is -0.346 e. The molecule has 0 fully saturated rings. The number of benzene rings is 1. The quantitative estimate of drug-likeness (QED) is 0.708. The summed E-state index contributed by atoms with van der Waals surface area (Å²) in [4.78, 5) is 1.42. The lowest BCUT2D eigenvalue weighted by Gasteiger charge is -2.07. The van der Waals surface area contributed by atoms with Crippen LogP contribution in [-0.4, -0.2) is 17.7 Å². The normalized spacial score (nSPS) is 10.8. The molecule has 0 atom stereocenters. The number of hydrogen-bond donors (Lipinski definition) is 1. The van der Waals surface area contributed by atoms with E-state index in [1.54, 1.807) is 0 Å². The third kappa shape index (κ3) is 3.15. The summed E-state index contributed by atoms with van der Waals surface area (Å²) in [6.07, 6.45) is 3.15. The van der Waals surface area contributed by atoms with Gasteiger partial charge in [0.1, 0.15) is 0 Å². The summed E-state index contributed by atoms with van der Waals surface area (Å²) in [6, 6.07) is 14.4. The lowest BCUT2D eigenvalue weighted by molar-refractivity contribution is 0.611. The van der Waals surface area contributed by atoms with Crippen LogP contribution < -0.4 is 5.32 Å². The van der Waals surface area contributed by atoms with Crippen molar-refractivity contribution in [2.45, 2.75) is 13.0 Å². The van der Waals surface area contributed by atoms with Gasteiger partial charge in [-0.15, -0.1) is 11.3 Å². The first kappa shape index (κ1) is 13.9. The molecule has 0 aliphatic carbocycles. The Bertz CT molecular complexity index is 750. The number of nitrogens with one attached hydrogen (secondary N) is 1. The van der Waals surface area contributed by atoms with Gasteiger partial charge in [-0.25, -0.2) is 0 Å². The van der Waals surface area contributed by atoms with E-state index < -0.39 is 0 Å². The number of aromatic nitrogens is 1. The van der Waals surface area contributed by atoms with Crippen LogP contribution in [0.5, 0.6) is 0 Å². The van der Waals surface area contributed by atoms with Crippen molar-refractivity contribution < 1.29 is 0 Å². The van der Waals surface area contributed by atoms with Crippen molar-refractivity contribution in [1.82, 2.24) is 9.88 Å². The molecule has 0 amide bonds. The standard InChI is InChI=1S/C17H17N3S/c18-13-14-3-1-5-17-16(14)7-10-20(17)11-9-19-8-6-15-4-2-12-21-15/h1-5,7,10,12,19H,6,8-9,11H2. The van der Waals surface area contributed by atoms with Crippen LogP contribution in [0.1, 0.15) is 10.4 Å². The van der Waals surface area contributed by atoms with Crippen molar-refractivity contribution in [3.8, 4) is 6.07 Å². The van der Waals surface area contributed by atoms with Gasteiger partial charge in [0.25, 0.3) is 0 Å². The molecule has 0 aliphatic heterocycles. The molecule has 1 N–H and O–H groups in total. The molecule has 3 rings (SSSR count). The Morgan fingerprint density at radius 2 is 2.10 bits per heavy atom. The number of hydrogen-bond acceptors (Lipinski definition) is 3. The molecule has 0 aliphatic rings. The molecule has 3 nitrogen and oxygen atoms in total. The summed E-state index contributed by atoms with van der Waals surface area (Å²) < 4.78 is 2.20. The molecule has 2 aromatic heterocycles. The van der Waals surface area contributed by atoms with Gasteiger partial charge in [-0.2, -0.15) is 5.26 Å². The van der Waals surface area contributed by atoms with E-state index in [1.165, 1.54) is 4.88 Å². The molecular weight excluding hydrogens is 278 g/mol. The van der Waals surface area contributed by atoms with E-state index in [4.69, 9.17) is 5.26 Å². The predicted octanol–water partition coefficient (Wildman–Crippen LogP) is 3.41. The van der Waals surface area contributed by atoms with Crippen molar-refractivity contribution in [3.05, 3.63) is 58.4 Å². The van der Waals surface area contributed by atoms with E-state index in [9.17, 15) is 0 Å². The molecule has 4 heteroatoms. The molecule has 1 aromatic carbocycles. The summed E-state index contributed by atoms with van der Waals surface area (Å²) >= 11 is 1.81. The smallest absolute Gasteiger partial charge is 0.0998 e. The fourth-order valence-corrected chi connectivity index (χ4v) is 3.22. The molecule has 21 heavy (non-hydrogen) atoms. The van der Waals surface area contributed by atoms with Crippen LogP contribution in [-0.2, 0) is 13.0 Å². The van der Waals surface area contributed by atoms with Crippen molar-refractivity contribution in [2.75, 3.05) is 13.1 Å². The fourth-order valence-electron chi connectivity index (χ4n) is 2.51. The highest BCUT2D eigenvalue weighted by Crippen LogP contribution is 2.19. The van der Waals surface area contributed by atoms with Gasteiger partial charge in [0, 0.05) is 41.6 Å². The van der Waals surface area contributed by atoms with Crippen molar-refractivity contribution in [1.29, 1.82) is 5.26 Å². The Labute approximate surface area is 128 Å². The van der Waals surface area contributed by atoms with Gasteiger partial charge in [-0.05, 0) is 36.1 Å². The largest absolute Gasteiger partial charge is 0.346 e. The zero-order chi connectivity index (χ0) is 14.5. The molecular formula is C17H17N3S. The van der Waals surface area contributed by atoms with Gasteiger partial charge in [-0.3, -0.25) is 0 Å². The zero-order valence-corrected chi connectivity index (χ0v) is 12.6. The molecule has 3 aromatic rings. The number of fused-ring (bicyclic) bond motifs is 1. The van der Waals surface area contributed by atoms with Crippen LogP contribution in [0.15, 0.2) is 48.0 Å². The zero-order valence-electron chi connectivity index (χ0n) is 11.7. The Balaban J connectivity index is 1.55. The summed E-state index contributed by atoms with van der Waals surface area (Å²) in [7, 11) is 0. The van der Waals surface area contributed by atoms with E-state index in [0.29, 0.717) is 0 Å². The van der Waals surface area contributed by atoms with Crippen LogP contribution in [0.25, 0.3) is 10.9 Å². The van der Waals surface area contributed by atoms with Gasteiger partial charge < -0.3 is 9.88 Å². The van der Waals surface area contributed by atoms with Crippen LogP contribution >= 0.6 is 11.3 Å². The highest BCUT2D eigenvalue weighted by atomic mass is 32.1. The number of rotatable bonds is 6. The maximum atomic E-state index is 9.11. The van der Waals surface area contributed by atoms with Gasteiger partial charge in [0.2, 0.25) is 0 Å². The molecule has 106 valence electrons. The van der Waals surface area contributed by atoms with Gasteiger partial charge in [-0.1, -0.05) is 12.1 Å². The first-order chi connectivity index (χ1) is 10.4. The van der Waals surface area contributed by atoms with Gasteiger partial charge in [0.05, 0.1) is 11.6 Å². The summed E-state index contributed by atoms with van der Waals surface area (Å²) in [5.74, 6) is 0. The first-order valence-corrected chi connectivity index (χ1v) is 7.97. The number of nitriles is 1. The van der Waals surface area contributed by atoms with E-state index >= 15 is 0 Å². The number of nitrogens with zero attached hydrogens (tertiary/aromatic N) is 2. The highest BCUT2D eigenvalue weighted by Gasteiger charge is 2.04. The molecule has 0 saturated carbocycles. The fraction of sp³-hybridized carbons (Fsp3) is 0.235. The van der Waals surface area contributed by atoms with E-state index in [-0.39, 0.29) is 0 Å². The molecule has 0 bridgehead atoms. The van der Waals surface area contributed by atoms with E-state index in [0.717, 1.165) is 42.5 Å². The summed E-state index contributed by atoms with van der Waals surface area (Å²) in [5.41, 5.74) is 1.88. The van der Waals surface area contributed by atoms with Gasteiger partial charge >= 0.3 is 0 Å². The maximum Gasteiger partial charge on any atom is 0.0998 e. The Morgan fingerprint density at radius 1 is 1.14 bits per heavy atom. The van der Waals surface area contributed by atoms with E-state index in [1.807, 2.05) is 29.5 Å². The molecule has 0 spiro atoms. The second-order valence-corrected chi connectivity index (χ2v) is 5.97. The Morgan fingerprint density at radius 3 is 2.90 bits per heavy atom. The average molecular weight is 295 g/mol. The lowest BCUT2D eigenvalue weighted by atomic mass is 10.1. The molecule has 0 unspecified atom stereocenters. The minimum atomic E-state index is 0.747. The molecule has 0 radical (unpaired) electrons. The molecule has 2 heterocycles. The van der Waals surface area contributed by atoms with Crippen molar-refractivity contribution in [3.63, 3.8) is 0 Å². The minimum absolute atomic E-state index is 0.747. The summed E-state index contributed by atoms with van der Waals surface area (Å²) in [5, 5.41) is 15.7. The van der Waals surface area contributed by atoms with Crippen LogP contribution in [0.4, 0.5) is 0 Å². The van der Waals surface area contributed by atoms with Crippen molar-refractivity contribution >= 4 is 22.2 Å². The monoisotopic (exact) mass is 295 g/mol. The predicted molar refractivity (Wildman–Crippen MR) is 87.5 cm³/mol. The highest BCUT2D eigenvalue weighted by molar-refractivity contribution is 7.09. The maximum absolute atomic E-state index is 9.11. The number of thiophene rings is 1. The average Bonchev–Trinajstić information content (AvgIpc) is 3.16. The first-order valence-electron chi connectivity index (χ1n) is 7.09. The second-order valence-electron chi connectivity index (χ2n) is 4.94.